The van der Waals surface area contributed by atoms with Crippen LogP contribution in [0.5, 0.6) is 0 Å². The van der Waals surface area contributed by atoms with Gasteiger partial charge in [0, 0.05) is 22.8 Å². The molecule has 0 unspecified atom stereocenters. The predicted octanol–water partition coefficient (Wildman–Crippen LogP) is -0.186. The van der Waals surface area contributed by atoms with E-state index in [9.17, 15) is 19.8 Å². The van der Waals surface area contributed by atoms with Crippen LogP contribution in [0.4, 0.5) is 0 Å². The summed E-state index contributed by atoms with van der Waals surface area (Å²) in [6.45, 7) is 12.2. The average Bonchev–Trinajstić information content (AvgIpc) is 2.69. The first-order valence-corrected chi connectivity index (χ1v) is 12.6. The van der Waals surface area contributed by atoms with E-state index in [-0.39, 0.29) is 48.4 Å². The summed E-state index contributed by atoms with van der Waals surface area (Å²) in [6.07, 6.45) is 16.1. The third kappa shape index (κ3) is 20.0. The van der Waals surface area contributed by atoms with E-state index in [4.69, 9.17) is 0 Å². The second-order valence-corrected chi connectivity index (χ2v) is 9.52. The van der Waals surface area contributed by atoms with Crippen molar-refractivity contribution in [1.82, 2.24) is 0 Å². The molecule has 0 saturated carbocycles. The van der Waals surface area contributed by atoms with E-state index >= 15 is 0 Å². The number of hydrogen-bond donors (Lipinski definition) is 0. The zero-order valence-corrected chi connectivity index (χ0v) is 24.9. The van der Waals surface area contributed by atoms with Gasteiger partial charge in [-0.3, -0.25) is 0 Å². The van der Waals surface area contributed by atoms with E-state index in [1.807, 2.05) is 13.8 Å². The minimum Gasteiger partial charge on any atom is -0.550 e. The van der Waals surface area contributed by atoms with Crippen LogP contribution in [0.3, 0.4) is 0 Å². The van der Waals surface area contributed by atoms with Crippen molar-refractivity contribution >= 4 is 11.9 Å². The van der Waals surface area contributed by atoms with Crippen molar-refractivity contribution in [3.63, 3.8) is 0 Å². The van der Waals surface area contributed by atoms with Crippen molar-refractivity contribution in [2.24, 2.45) is 10.8 Å². The van der Waals surface area contributed by atoms with Crippen LogP contribution in [-0.2, 0) is 9.59 Å². The first kappa shape index (κ1) is 39.7. The summed E-state index contributed by atoms with van der Waals surface area (Å²) < 4.78 is 0. The molecule has 0 radical (unpaired) electrons. The van der Waals surface area contributed by atoms with Crippen LogP contribution in [-0.4, -0.2) is 11.9 Å². The zero-order valence-electron chi connectivity index (χ0n) is 22.9. The molecule has 0 fully saturated rings. The van der Waals surface area contributed by atoms with Crippen LogP contribution in [0.15, 0.2) is 0 Å². The number of carboxylic acid groups (broad SMARTS) is 2. The maximum atomic E-state index is 11.1. The molecule has 4 nitrogen and oxygen atoms in total. The van der Waals surface area contributed by atoms with Gasteiger partial charge in [-0.2, -0.15) is 0 Å². The molecule has 0 rings (SSSR count). The molecule has 32 heavy (non-hydrogen) atoms. The van der Waals surface area contributed by atoms with Crippen molar-refractivity contribution in [2.75, 3.05) is 0 Å². The number of hydrogen-bond acceptors (Lipinski definition) is 4. The average molecular weight is 457 g/mol. The van der Waals surface area contributed by atoms with Crippen LogP contribution < -0.4 is 58.6 Å². The molecule has 0 N–H and O–H groups in total. The molecule has 0 heterocycles. The van der Waals surface area contributed by atoms with Crippen LogP contribution in [0, 0.1) is 10.8 Å². The molecule has 0 atom stereocenters. The van der Waals surface area contributed by atoms with Gasteiger partial charge in [0.15, 0.2) is 0 Å². The smallest absolute Gasteiger partial charge is 0.550 e. The van der Waals surface area contributed by atoms with Gasteiger partial charge in [-0.15, -0.1) is 0 Å². The van der Waals surface area contributed by atoms with Gasteiger partial charge >= 0.3 is 48.4 Å². The quantitative estimate of drug-likeness (QED) is 0.212. The fourth-order valence-corrected chi connectivity index (χ4v) is 3.72. The molecule has 0 aromatic carbocycles. The molecule has 6 heteroatoms. The Morgan fingerprint density at radius 3 is 0.844 bits per heavy atom. The standard InChI is InChI=1S/2C13H26O2.Li.Na/c2*1-4-6-8-10-13(3,12(14)15)11-9-7-5-2;;/h2*4-11H2,1-3H3,(H,14,15);;/q;;2*+1/p-2. The Kier molecular flexibility index (Phi) is 30.6. The molecule has 0 amide bonds. The van der Waals surface area contributed by atoms with Gasteiger partial charge in [-0.25, -0.2) is 0 Å². The molecule has 0 aromatic rings. The van der Waals surface area contributed by atoms with Gasteiger partial charge < -0.3 is 19.8 Å². The monoisotopic (exact) mass is 456 g/mol. The largest absolute Gasteiger partial charge is 1.00 e. The van der Waals surface area contributed by atoms with Crippen LogP contribution in [0.2, 0.25) is 0 Å². The summed E-state index contributed by atoms with van der Waals surface area (Å²) in [4.78, 5) is 22.2. The molecule has 0 bridgehead atoms. The number of carbonyl (C=O) groups is 2. The van der Waals surface area contributed by atoms with Crippen LogP contribution in [0.1, 0.15) is 144 Å². The Balaban J connectivity index is -0.000000231. The zero-order chi connectivity index (χ0) is 23.5. The second kappa shape index (κ2) is 24.7. The minimum absolute atomic E-state index is 0. The molecule has 0 aliphatic rings. The number of carboxylic acids is 2. The predicted molar refractivity (Wildman–Crippen MR) is 123 cm³/mol. The van der Waals surface area contributed by atoms with E-state index in [0.717, 1.165) is 103 Å². The number of aliphatic carboxylic acids is 2. The van der Waals surface area contributed by atoms with Crippen LogP contribution in [0.25, 0.3) is 0 Å². The molecule has 0 spiro atoms. The van der Waals surface area contributed by atoms with Crippen molar-refractivity contribution in [3.05, 3.63) is 0 Å². The Morgan fingerprint density at radius 2 is 0.719 bits per heavy atom. The van der Waals surface area contributed by atoms with Gasteiger partial charge in [0.1, 0.15) is 0 Å². The topological polar surface area (TPSA) is 80.3 Å². The summed E-state index contributed by atoms with van der Waals surface area (Å²) in [6, 6.07) is 0. The Hall–Kier alpha value is 0.537. The fraction of sp³-hybridized carbons (Fsp3) is 0.923. The molecular formula is C26H50LiNaO4. The van der Waals surface area contributed by atoms with Gasteiger partial charge in [0.05, 0.1) is 0 Å². The third-order valence-electron chi connectivity index (χ3n) is 6.31. The first-order valence-electron chi connectivity index (χ1n) is 12.6. The van der Waals surface area contributed by atoms with Crippen molar-refractivity contribution in [2.45, 2.75) is 144 Å². The summed E-state index contributed by atoms with van der Waals surface area (Å²) in [7, 11) is 0. The number of carbonyl (C=O) groups excluding carboxylic acids is 2. The Morgan fingerprint density at radius 1 is 0.531 bits per heavy atom. The summed E-state index contributed by atoms with van der Waals surface area (Å²) in [5, 5.41) is 22.2. The Bertz CT molecular complexity index is 384. The van der Waals surface area contributed by atoms with E-state index in [1.165, 1.54) is 0 Å². The number of rotatable bonds is 18. The molecule has 0 aliphatic heterocycles. The van der Waals surface area contributed by atoms with E-state index in [0.29, 0.717) is 0 Å². The fourth-order valence-electron chi connectivity index (χ4n) is 3.72. The summed E-state index contributed by atoms with van der Waals surface area (Å²) in [5.74, 6) is -1.73. The maximum absolute atomic E-state index is 11.1. The van der Waals surface area contributed by atoms with Gasteiger partial charge in [0.2, 0.25) is 0 Å². The van der Waals surface area contributed by atoms with Crippen LogP contribution >= 0.6 is 0 Å². The Labute approximate surface area is 233 Å². The van der Waals surface area contributed by atoms with E-state index in [1.54, 1.807) is 0 Å². The SMILES string of the molecule is CCCCCC(C)(CCCCC)C(=O)[O-].CCCCCC(C)(CCCCC)C(=O)[O-].[Li+].[Na+]. The van der Waals surface area contributed by atoms with E-state index < -0.39 is 22.8 Å². The van der Waals surface area contributed by atoms with Crippen molar-refractivity contribution in [1.29, 1.82) is 0 Å². The summed E-state index contributed by atoms with van der Waals surface area (Å²) >= 11 is 0. The van der Waals surface area contributed by atoms with Gasteiger partial charge in [0.25, 0.3) is 0 Å². The van der Waals surface area contributed by atoms with Crippen molar-refractivity contribution < 1.29 is 68.2 Å². The second-order valence-electron chi connectivity index (χ2n) is 9.52. The molecule has 0 saturated heterocycles. The third-order valence-corrected chi connectivity index (χ3v) is 6.31. The van der Waals surface area contributed by atoms with Crippen molar-refractivity contribution in [3.8, 4) is 0 Å². The molecule has 0 aromatic heterocycles. The van der Waals surface area contributed by atoms with Gasteiger partial charge in [-0.05, 0) is 25.7 Å². The van der Waals surface area contributed by atoms with Gasteiger partial charge in [-0.1, -0.05) is 119 Å². The molecule has 180 valence electrons. The normalized spacial score (nSPS) is 10.9. The minimum atomic E-state index is -0.866. The molecule has 0 aliphatic carbocycles. The number of unbranched alkanes of at least 4 members (excludes halogenated alkanes) is 8. The molecular weight excluding hydrogens is 406 g/mol. The first-order chi connectivity index (χ1) is 14.1. The maximum Gasteiger partial charge on any atom is 1.00 e. The van der Waals surface area contributed by atoms with E-state index in [2.05, 4.69) is 27.7 Å². The summed E-state index contributed by atoms with van der Waals surface area (Å²) in [5.41, 5.74) is -1.19.